The number of fused-ring (bicyclic) bond motifs is 2. The van der Waals surface area contributed by atoms with Crippen molar-refractivity contribution in [3.8, 4) is 0 Å². The number of carboxylic acids is 2. The highest BCUT2D eigenvalue weighted by Crippen LogP contribution is 2.41. The van der Waals surface area contributed by atoms with E-state index in [0.29, 0.717) is 0 Å². The first kappa shape index (κ1) is 31.1. The summed E-state index contributed by atoms with van der Waals surface area (Å²) in [5, 5.41) is 14.2. The van der Waals surface area contributed by atoms with Gasteiger partial charge in [-0.2, -0.15) is 26.3 Å². The molecule has 214 valence electrons. The average Bonchev–Trinajstić information content (AvgIpc) is 3.41. The van der Waals surface area contributed by atoms with Crippen LogP contribution < -0.4 is 0 Å². The predicted octanol–water partition coefficient (Wildman–Crippen LogP) is 4.19. The zero-order valence-electron chi connectivity index (χ0n) is 21.1. The zero-order valence-corrected chi connectivity index (χ0v) is 21.1. The Kier molecular flexibility index (Phi) is 10.00. The Morgan fingerprint density at radius 3 is 1.92 bits per heavy atom. The monoisotopic (exact) mass is 556 g/mol. The van der Waals surface area contributed by atoms with E-state index in [9.17, 15) is 26.3 Å². The summed E-state index contributed by atoms with van der Waals surface area (Å²) >= 11 is 0. The van der Waals surface area contributed by atoms with Crippen LogP contribution in [0.25, 0.3) is 0 Å². The molecule has 38 heavy (non-hydrogen) atoms. The fraction of sp³-hybridized carbons (Fsp3) is 0.609. The Labute approximate surface area is 214 Å². The van der Waals surface area contributed by atoms with Crippen molar-refractivity contribution in [1.29, 1.82) is 0 Å². The van der Waals surface area contributed by atoms with Gasteiger partial charge in [0.25, 0.3) is 0 Å². The second kappa shape index (κ2) is 12.2. The number of likely N-dealkylation sites (tertiary alicyclic amines) is 1. The Balaban J connectivity index is 0.000000301. The van der Waals surface area contributed by atoms with Crippen LogP contribution in [-0.4, -0.2) is 80.0 Å². The number of hydrogen-bond acceptors (Lipinski definition) is 6. The van der Waals surface area contributed by atoms with Gasteiger partial charge in [0.15, 0.2) is 0 Å². The normalized spacial score (nSPS) is 17.6. The quantitative estimate of drug-likeness (QED) is 0.542. The first-order chi connectivity index (χ1) is 17.5. The smallest absolute Gasteiger partial charge is 0.475 e. The van der Waals surface area contributed by atoms with E-state index in [4.69, 9.17) is 29.2 Å². The van der Waals surface area contributed by atoms with Gasteiger partial charge in [-0.3, -0.25) is 9.80 Å². The predicted molar refractivity (Wildman–Crippen MR) is 121 cm³/mol. The van der Waals surface area contributed by atoms with E-state index in [2.05, 4.69) is 40.3 Å². The number of furan rings is 1. The number of carbonyl (C=O) groups is 2. The van der Waals surface area contributed by atoms with Crippen LogP contribution in [-0.2, 0) is 28.2 Å². The molecule has 2 aromatic rings. The molecular formula is C23H30F6N4O5. The molecule has 4 rings (SSSR count). The Bertz CT molecular complexity index is 1060. The number of aryl methyl sites for hydroxylation is 2. The molecule has 0 bridgehead atoms. The van der Waals surface area contributed by atoms with Crippen LogP contribution in [0.3, 0.4) is 0 Å². The van der Waals surface area contributed by atoms with Crippen LogP contribution >= 0.6 is 0 Å². The van der Waals surface area contributed by atoms with Gasteiger partial charge in [-0.25, -0.2) is 14.6 Å². The van der Waals surface area contributed by atoms with Crippen molar-refractivity contribution >= 4 is 11.9 Å². The van der Waals surface area contributed by atoms with Gasteiger partial charge in [-0.05, 0) is 45.4 Å². The number of likely N-dealkylation sites (N-methyl/N-ethyl adjacent to an activating group) is 1. The number of hydrogen-bond donors (Lipinski definition) is 2. The Hall–Kier alpha value is -3.07. The standard InChI is InChI=1S/C19H28N4O.2C2HF3O2/c1-4-22-11-12-23-15(2)13-20-18(23)19(22)7-9-21(10-8-19)14-17-6-5-16(3)24-17;2*3-2(4,5)1(6)7/h5-6,13H,4,7-12,14H2,1-3H3;2*(H,6,7). The van der Waals surface area contributed by atoms with Crippen molar-refractivity contribution in [3.63, 3.8) is 0 Å². The van der Waals surface area contributed by atoms with E-state index in [0.717, 1.165) is 63.6 Å². The van der Waals surface area contributed by atoms with E-state index in [1.807, 2.05) is 13.1 Å². The number of halogens is 6. The number of piperidine rings is 1. The molecule has 0 amide bonds. The highest BCUT2D eigenvalue weighted by atomic mass is 19.4. The minimum atomic E-state index is -5.08. The van der Waals surface area contributed by atoms with Gasteiger partial charge < -0.3 is 19.2 Å². The molecule has 1 spiro atoms. The summed E-state index contributed by atoms with van der Waals surface area (Å²) < 4.78 is 71.7. The summed E-state index contributed by atoms with van der Waals surface area (Å²) in [6.45, 7) is 12.9. The molecule has 0 radical (unpaired) electrons. The molecule has 2 aliphatic heterocycles. The summed E-state index contributed by atoms with van der Waals surface area (Å²) in [7, 11) is 0. The lowest BCUT2D eigenvalue weighted by Crippen LogP contribution is -2.57. The molecule has 0 saturated carbocycles. The van der Waals surface area contributed by atoms with Crippen LogP contribution in [0, 0.1) is 13.8 Å². The first-order valence-electron chi connectivity index (χ1n) is 11.7. The SMILES string of the molecule is CCN1CCn2c(C)cnc2C12CCN(Cc1ccc(C)o1)CC2.O=C(O)C(F)(F)F.O=C(O)C(F)(F)F. The number of carboxylic acid groups (broad SMARTS) is 2. The van der Waals surface area contributed by atoms with Gasteiger partial charge in [-0.1, -0.05) is 6.92 Å². The second-order valence-electron chi connectivity index (χ2n) is 8.88. The number of nitrogens with zero attached hydrogens (tertiary/aromatic N) is 4. The summed E-state index contributed by atoms with van der Waals surface area (Å²) in [6.07, 6.45) is -5.82. The third-order valence-corrected chi connectivity index (χ3v) is 6.40. The number of rotatable bonds is 3. The maximum absolute atomic E-state index is 10.6. The summed E-state index contributed by atoms with van der Waals surface area (Å²) in [5.74, 6) is -2.14. The molecule has 4 heterocycles. The fourth-order valence-electron chi connectivity index (χ4n) is 4.56. The number of aliphatic carboxylic acids is 2. The topological polar surface area (TPSA) is 112 Å². The second-order valence-corrected chi connectivity index (χ2v) is 8.88. The molecule has 0 unspecified atom stereocenters. The van der Waals surface area contributed by atoms with Gasteiger partial charge in [0.1, 0.15) is 17.3 Å². The molecule has 2 N–H and O–H groups in total. The van der Waals surface area contributed by atoms with Gasteiger partial charge in [0, 0.05) is 38.1 Å². The molecule has 1 saturated heterocycles. The van der Waals surface area contributed by atoms with Crippen molar-refractivity contribution in [3.05, 3.63) is 41.4 Å². The van der Waals surface area contributed by atoms with Crippen LogP contribution in [0.4, 0.5) is 26.3 Å². The minimum absolute atomic E-state index is 0.122. The molecule has 2 aliphatic rings. The van der Waals surface area contributed by atoms with E-state index >= 15 is 0 Å². The van der Waals surface area contributed by atoms with Gasteiger partial charge in [0.2, 0.25) is 0 Å². The van der Waals surface area contributed by atoms with Crippen molar-refractivity contribution in [2.45, 2.75) is 64.6 Å². The van der Waals surface area contributed by atoms with Gasteiger partial charge in [0.05, 0.1) is 12.1 Å². The third kappa shape index (κ3) is 7.72. The van der Waals surface area contributed by atoms with Crippen LogP contribution in [0.1, 0.15) is 42.8 Å². The van der Waals surface area contributed by atoms with E-state index in [1.54, 1.807) is 0 Å². The van der Waals surface area contributed by atoms with Gasteiger partial charge >= 0.3 is 24.3 Å². The molecular weight excluding hydrogens is 526 g/mol. The van der Waals surface area contributed by atoms with E-state index in [-0.39, 0.29) is 5.54 Å². The highest BCUT2D eigenvalue weighted by Gasteiger charge is 2.46. The molecule has 1 fully saturated rings. The molecule has 9 nitrogen and oxygen atoms in total. The fourth-order valence-corrected chi connectivity index (χ4v) is 4.56. The zero-order chi connectivity index (χ0) is 28.9. The van der Waals surface area contributed by atoms with Crippen LogP contribution in [0.5, 0.6) is 0 Å². The van der Waals surface area contributed by atoms with Crippen molar-refractivity contribution in [2.24, 2.45) is 0 Å². The number of alkyl halides is 6. The third-order valence-electron chi connectivity index (χ3n) is 6.40. The lowest BCUT2D eigenvalue weighted by molar-refractivity contribution is -0.193. The van der Waals surface area contributed by atoms with Crippen molar-refractivity contribution < 1.29 is 50.6 Å². The Morgan fingerprint density at radius 1 is 0.974 bits per heavy atom. The van der Waals surface area contributed by atoms with E-state index in [1.165, 1.54) is 11.5 Å². The number of aromatic nitrogens is 2. The van der Waals surface area contributed by atoms with Crippen molar-refractivity contribution in [2.75, 3.05) is 26.2 Å². The Morgan fingerprint density at radius 2 is 1.50 bits per heavy atom. The first-order valence-corrected chi connectivity index (χ1v) is 11.7. The molecule has 0 aromatic carbocycles. The minimum Gasteiger partial charge on any atom is -0.475 e. The lowest BCUT2D eigenvalue weighted by atomic mass is 9.83. The molecule has 15 heteroatoms. The maximum Gasteiger partial charge on any atom is 0.490 e. The average molecular weight is 557 g/mol. The van der Waals surface area contributed by atoms with E-state index < -0.39 is 24.3 Å². The van der Waals surface area contributed by atoms with Crippen LogP contribution in [0.15, 0.2) is 22.7 Å². The molecule has 2 aromatic heterocycles. The summed E-state index contributed by atoms with van der Waals surface area (Å²) in [5.41, 5.74) is 1.42. The van der Waals surface area contributed by atoms with Gasteiger partial charge in [-0.15, -0.1) is 0 Å². The summed E-state index contributed by atoms with van der Waals surface area (Å²) in [6, 6.07) is 4.16. The van der Waals surface area contributed by atoms with Crippen LogP contribution in [0.2, 0.25) is 0 Å². The summed E-state index contributed by atoms with van der Waals surface area (Å²) in [4.78, 5) is 27.8. The largest absolute Gasteiger partial charge is 0.490 e. The molecule has 0 aliphatic carbocycles. The highest BCUT2D eigenvalue weighted by molar-refractivity contribution is 5.73. The lowest BCUT2D eigenvalue weighted by Gasteiger charge is -2.50. The maximum atomic E-state index is 10.6. The number of imidazole rings is 1. The van der Waals surface area contributed by atoms with Crippen molar-refractivity contribution in [1.82, 2.24) is 19.4 Å². The molecule has 0 atom stereocenters.